The van der Waals surface area contributed by atoms with Crippen LogP contribution in [0.5, 0.6) is 0 Å². The van der Waals surface area contributed by atoms with Crippen molar-refractivity contribution >= 4 is 34.8 Å². The Morgan fingerprint density at radius 1 is 1.00 bits per heavy atom. The van der Waals surface area contributed by atoms with Gasteiger partial charge in [-0.15, -0.1) is 0 Å². The van der Waals surface area contributed by atoms with Crippen LogP contribution in [-0.4, -0.2) is 7.05 Å². The van der Waals surface area contributed by atoms with Gasteiger partial charge < -0.3 is 5.32 Å². The zero-order valence-electron chi connectivity index (χ0n) is 10.5. The second-order valence-corrected chi connectivity index (χ2v) is 5.62. The van der Waals surface area contributed by atoms with Crippen molar-refractivity contribution in [1.29, 1.82) is 0 Å². The Labute approximate surface area is 128 Å². The number of benzene rings is 2. The smallest absolute Gasteiger partial charge is 0.0468 e. The van der Waals surface area contributed by atoms with Gasteiger partial charge in [0.2, 0.25) is 0 Å². The predicted octanol–water partition coefficient (Wildman–Crippen LogP) is 5.15. The van der Waals surface area contributed by atoms with E-state index in [1.807, 2.05) is 37.4 Å². The molecule has 1 unspecified atom stereocenters. The highest BCUT2D eigenvalue weighted by Crippen LogP contribution is 2.28. The van der Waals surface area contributed by atoms with Gasteiger partial charge in [-0.2, -0.15) is 0 Å². The molecule has 4 heteroatoms. The molecule has 1 N–H and O–H groups in total. The van der Waals surface area contributed by atoms with Crippen molar-refractivity contribution in [1.82, 2.24) is 5.32 Å². The molecule has 0 radical (unpaired) electrons. The highest BCUT2D eigenvalue weighted by atomic mass is 35.5. The van der Waals surface area contributed by atoms with Gasteiger partial charge in [0.05, 0.1) is 0 Å². The minimum atomic E-state index is 0.128. The van der Waals surface area contributed by atoms with Crippen LogP contribution < -0.4 is 5.32 Å². The number of nitrogens with one attached hydrogen (secondary N) is 1. The summed E-state index contributed by atoms with van der Waals surface area (Å²) in [6.45, 7) is 0. The number of halogens is 3. The minimum absolute atomic E-state index is 0.128. The van der Waals surface area contributed by atoms with Gasteiger partial charge in [-0.3, -0.25) is 0 Å². The highest BCUT2D eigenvalue weighted by molar-refractivity contribution is 6.35. The van der Waals surface area contributed by atoms with Crippen LogP contribution in [-0.2, 0) is 6.42 Å². The van der Waals surface area contributed by atoms with Crippen LogP contribution in [0.3, 0.4) is 0 Å². The highest BCUT2D eigenvalue weighted by Gasteiger charge is 2.14. The summed E-state index contributed by atoms with van der Waals surface area (Å²) in [5, 5.41) is 5.34. The molecule has 2 aromatic rings. The van der Waals surface area contributed by atoms with Gasteiger partial charge in [-0.1, -0.05) is 53.0 Å². The Morgan fingerprint density at radius 3 is 2.37 bits per heavy atom. The van der Waals surface area contributed by atoms with E-state index in [-0.39, 0.29) is 6.04 Å². The average molecular weight is 315 g/mol. The second-order valence-electron chi connectivity index (χ2n) is 4.34. The first-order valence-electron chi connectivity index (χ1n) is 5.97. The fourth-order valence-corrected chi connectivity index (χ4v) is 2.80. The Morgan fingerprint density at radius 2 is 1.74 bits per heavy atom. The molecule has 2 aromatic carbocycles. The first kappa shape index (κ1) is 14.7. The third-order valence-corrected chi connectivity index (χ3v) is 3.81. The lowest BCUT2D eigenvalue weighted by Crippen LogP contribution is -2.19. The summed E-state index contributed by atoms with van der Waals surface area (Å²) < 4.78 is 0. The third-order valence-electron chi connectivity index (χ3n) is 3.02. The summed E-state index contributed by atoms with van der Waals surface area (Å²) >= 11 is 18.2. The van der Waals surface area contributed by atoms with E-state index >= 15 is 0 Å². The van der Waals surface area contributed by atoms with Crippen LogP contribution >= 0.6 is 34.8 Å². The van der Waals surface area contributed by atoms with Gasteiger partial charge in [0.25, 0.3) is 0 Å². The van der Waals surface area contributed by atoms with Gasteiger partial charge in [0.1, 0.15) is 0 Å². The molecule has 1 atom stereocenters. The molecular formula is C15H14Cl3N. The molecular weight excluding hydrogens is 301 g/mol. The maximum atomic E-state index is 6.25. The fourth-order valence-electron chi connectivity index (χ4n) is 2.05. The molecule has 0 fully saturated rings. The summed E-state index contributed by atoms with van der Waals surface area (Å²) in [6, 6.07) is 13.5. The maximum Gasteiger partial charge on any atom is 0.0468 e. The Bertz CT molecular complexity index is 569. The summed E-state index contributed by atoms with van der Waals surface area (Å²) in [6.07, 6.45) is 0.818. The van der Waals surface area contributed by atoms with E-state index in [1.54, 1.807) is 6.07 Å². The third kappa shape index (κ3) is 3.87. The maximum absolute atomic E-state index is 6.25. The molecule has 1 nitrogen and oxygen atoms in total. The first-order chi connectivity index (χ1) is 9.10. The van der Waals surface area contributed by atoms with Gasteiger partial charge in [0, 0.05) is 21.1 Å². The van der Waals surface area contributed by atoms with Gasteiger partial charge in [0.15, 0.2) is 0 Å². The molecule has 2 rings (SSSR count). The molecule has 0 heterocycles. The van der Waals surface area contributed by atoms with E-state index in [2.05, 4.69) is 11.4 Å². The Kier molecular flexibility index (Phi) is 5.12. The second kappa shape index (κ2) is 6.62. The number of hydrogen-bond donors (Lipinski definition) is 1. The Hall–Kier alpha value is -0.730. The van der Waals surface area contributed by atoms with Gasteiger partial charge in [-0.25, -0.2) is 0 Å². The van der Waals surface area contributed by atoms with Crippen molar-refractivity contribution in [2.24, 2.45) is 0 Å². The summed E-state index contributed by atoms with van der Waals surface area (Å²) in [4.78, 5) is 0. The largest absolute Gasteiger partial charge is 0.313 e. The lowest BCUT2D eigenvalue weighted by Gasteiger charge is -2.18. The molecule has 0 bridgehead atoms. The van der Waals surface area contributed by atoms with E-state index in [1.165, 1.54) is 0 Å². The van der Waals surface area contributed by atoms with Crippen molar-refractivity contribution in [3.05, 3.63) is 68.7 Å². The standard InChI is InChI=1S/C15H14Cl3N/c1-19-15(8-10-3-2-4-11(16)7-10)13-6-5-12(17)9-14(13)18/h2-7,9,15,19H,8H2,1H3. The fraction of sp³-hybridized carbons (Fsp3) is 0.200. The number of hydrogen-bond acceptors (Lipinski definition) is 1. The predicted molar refractivity (Wildman–Crippen MR) is 83.4 cm³/mol. The molecule has 0 aliphatic rings. The molecule has 0 saturated heterocycles. The zero-order valence-corrected chi connectivity index (χ0v) is 12.7. The Balaban J connectivity index is 2.25. The monoisotopic (exact) mass is 313 g/mol. The van der Waals surface area contributed by atoms with Gasteiger partial charge >= 0.3 is 0 Å². The van der Waals surface area contributed by atoms with Crippen molar-refractivity contribution in [3.8, 4) is 0 Å². The molecule has 0 saturated carbocycles. The van der Waals surface area contributed by atoms with E-state index < -0.39 is 0 Å². The SMILES string of the molecule is CNC(Cc1cccc(Cl)c1)c1ccc(Cl)cc1Cl. The quantitative estimate of drug-likeness (QED) is 0.823. The van der Waals surface area contributed by atoms with E-state index in [9.17, 15) is 0 Å². The molecule has 19 heavy (non-hydrogen) atoms. The van der Waals surface area contributed by atoms with Crippen LogP contribution in [0.2, 0.25) is 15.1 Å². The number of likely N-dealkylation sites (N-methyl/N-ethyl adjacent to an activating group) is 1. The topological polar surface area (TPSA) is 12.0 Å². The summed E-state index contributed by atoms with van der Waals surface area (Å²) in [5.74, 6) is 0. The van der Waals surface area contributed by atoms with E-state index in [4.69, 9.17) is 34.8 Å². The van der Waals surface area contributed by atoms with Crippen LogP contribution in [0.4, 0.5) is 0 Å². The lowest BCUT2D eigenvalue weighted by atomic mass is 9.99. The van der Waals surface area contributed by atoms with Crippen molar-refractivity contribution < 1.29 is 0 Å². The zero-order chi connectivity index (χ0) is 13.8. The normalized spacial score (nSPS) is 12.4. The molecule has 0 amide bonds. The summed E-state index contributed by atoms with van der Waals surface area (Å²) in [7, 11) is 1.92. The molecule has 0 aromatic heterocycles. The van der Waals surface area contributed by atoms with Crippen molar-refractivity contribution in [3.63, 3.8) is 0 Å². The molecule has 0 aliphatic heterocycles. The lowest BCUT2D eigenvalue weighted by molar-refractivity contribution is 0.592. The summed E-state index contributed by atoms with van der Waals surface area (Å²) in [5.41, 5.74) is 2.20. The van der Waals surface area contributed by atoms with Crippen LogP contribution in [0.25, 0.3) is 0 Å². The first-order valence-corrected chi connectivity index (χ1v) is 7.10. The molecule has 0 spiro atoms. The van der Waals surface area contributed by atoms with Crippen molar-refractivity contribution in [2.45, 2.75) is 12.5 Å². The van der Waals surface area contributed by atoms with Crippen LogP contribution in [0.15, 0.2) is 42.5 Å². The molecule has 100 valence electrons. The van der Waals surface area contributed by atoms with Crippen molar-refractivity contribution in [2.75, 3.05) is 7.05 Å². The van der Waals surface area contributed by atoms with Crippen LogP contribution in [0.1, 0.15) is 17.2 Å². The van der Waals surface area contributed by atoms with E-state index in [0.717, 1.165) is 22.6 Å². The van der Waals surface area contributed by atoms with Crippen LogP contribution in [0, 0.1) is 0 Å². The minimum Gasteiger partial charge on any atom is -0.313 e. The van der Waals surface area contributed by atoms with Gasteiger partial charge in [-0.05, 0) is 48.9 Å². The van der Waals surface area contributed by atoms with E-state index in [0.29, 0.717) is 10.0 Å². The number of rotatable bonds is 4. The molecule has 0 aliphatic carbocycles. The average Bonchev–Trinajstić information content (AvgIpc) is 2.37.